The SMILES string of the molecule is C=C/C=C(\C=C/C)NC.CC(C)(C=O)Oc1ccc(C2=Nc3ccccc3C2)cc1. The molecule has 1 aliphatic rings. The number of hydrogen-bond donors (Lipinski definition) is 1. The van der Waals surface area contributed by atoms with Gasteiger partial charge in [0.15, 0.2) is 11.9 Å². The number of benzene rings is 2. The standard InChI is InChI=1S/C18H17NO2.C8H13N/c1-18(2,12-20)21-15-9-7-13(8-10-15)17-11-14-5-3-4-6-16(14)19-17;1-4-6-8(9-3)7-5-2/h3-10,12H,11H2,1-2H3;4-7,9H,1H2,2-3H3/b;7-5-,8-6+. The van der Waals surface area contributed by atoms with Crippen molar-refractivity contribution in [1.29, 1.82) is 0 Å². The zero-order valence-corrected chi connectivity index (χ0v) is 18.2. The lowest BCUT2D eigenvalue weighted by Crippen LogP contribution is -2.29. The molecule has 0 spiro atoms. The Morgan fingerprint density at radius 1 is 1.17 bits per heavy atom. The lowest BCUT2D eigenvalue weighted by atomic mass is 10.0. The monoisotopic (exact) mass is 402 g/mol. The van der Waals surface area contributed by atoms with Gasteiger partial charge in [0.05, 0.1) is 11.4 Å². The van der Waals surface area contributed by atoms with E-state index in [9.17, 15) is 4.79 Å². The largest absolute Gasteiger partial charge is 0.480 e. The second kappa shape index (κ2) is 11.0. The third-order valence-electron chi connectivity index (χ3n) is 4.39. The molecule has 3 rings (SSSR count). The normalized spacial score (nSPS) is 13.1. The van der Waals surface area contributed by atoms with E-state index in [1.807, 2.05) is 74.7 Å². The number of carbonyl (C=O) groups excluding carboxylic acids is 1. The van der Waals surface area contributed by atoms with E-state index in [1.54, 1.807) is 19.9 Å². The summed E-state index contributed by atoms with van der Waals surface area (Å²) < 4.78 is 5.62. The molecule has 1 heterocycles. The zero-order chi connectivity index (χ0) is 22.0. The third kappa shape index (κ3) is 6.59. The molecule has 1 N–H and O–H groups in total. The minimum atomic E-state index is -0.803. The van der Waals surface area contributed by atoms with Gasteiger partial charge in [-0.1, -0.05) is 36.9 Å². The maximum absolute atomic E-state index is 10.9. The summed E-state index contributed by atoms with van der Waals surface area (Å²) in [7, 11) is 1.88. The Bertz CT molecular complexity index is 951. The Kier molecular flexibility index (Phi) is 8.36. The van der Waals surface area contributed by atoms with Crippen LogP contribution in [0.5, 0.6) is 5.75 Å². The van der Waals surface area contributed by atoms with Crippen molar-refractivity contribution in [2.75, 3.05) is 7.05 Å². The number of nitrogens with zero attached hydrogens (tertiary/aromatic N) is 1. The number of likely N-dealkylation sites (N-methyl/N-ethyl adjacent to an activating group) is 1. The molecule has 2 aromatic rings. The highest BCUT2D eigenvalue weighted by Crippen LogP contribution is 2.29. The second-order valence-electron chi connectivity index (χ2n) is 7.32. The summed E-state index contributed by atoms with van der Waals surface area (Å²) in [6.07, 6.45) is 9.30. The highest BCUT2D eigenvalue weighted by Gasteiger charge is 2.19. The minimum absolute atomic E-state index is 0.687. The topological polar surface area (TPSA) is 50.7 Å². The summed E-state index contributed by atoms with van der Waals surface area (Å²) in [5.74, 6) is 0.687. The molecule has 30 heavy (non-hydrogen) atoms. The average Bonchev–Trinajstić information content (AvgIpc) is 3.18. The van der Waals surface area contributed by atoms with Gasteiger partial charge in [-0.15, -0.1) is 0 Å². The zero-order valence-electron chi connectivity index (χ0n) is 18.2. The number of carbonyl (C=O) groups is 1. The number of hydrogen-bond acceptors (Lipinski definition) is 4. The number of aldehydes is 1. The maximum Gasteiger partial charge on any atom is 0.162 e. The van der Waals surface area contributed by atoms with E-state index in [2.05, 4.69) is 23.0 Å². The molecule has 0 radical (unpaired) electrons. The number of fused-ring (bicyclic) bond motifs is 1. The van der Waals surface area contributed by atoms with Crippen molar-refractivity contribution in [3.05, 3.63) is 96.2 Å². The average molecular weight is 403 g/mol. The van der Waals surface area contributed by atoms with Gasteiger partial charge in [0.1, 0.15) is 5.75 Å². The van der Waals surface area contributed by atoms with Crippen LogP contribution in [0.1, 0.15) is 31.9 Å². The van der Waals surface area contributed by atoms with Crippen LogP contribution >= 0.6 is 0 Å². The molecule has 0 bridgehead atoms. The van der Waals surface area contributed by atoms with Crippen molar-refractivity contribution in [3.63, 3.8) is 0 Å². The Labute approximate surface area is 179 Å². The predicted molar refractivity (Wildman–Crippen MR) is 126 cm³/mol. The van der Waals surface area contributed by atoms with Crippen LogP contribution in [0.2, 0.25) is 0 Å². The number of aliphatic imine (C=N–C) groups is 1. The van der Waals surface area contributed by atoms with Crippen molar-refractivity contribution in [2.45, 2.75) is 32.8 Å². The molecule has 0 atom stereocenters. The Morgan fingerprint density at radius 3 is 2.43 bits per heavy atom. The molecule has 2 aromatic carbocycles. The summed E-state index contributed by atoms with van der Waals surface area (Å²) in [5, 5.41) is 3.01. The van der Waals surface area contributed by atoms with E-state index in [4.69, 9.17) is 4.74 Å². The molecule has 156 valence electrons. The first-order valence-corrected chi connectivity index (χ1v) is 9.97. The van der Waals surface area contributed by atoms with Crippen molar-refractivity contribution >= 4 is 17.7 Å². The van der Waals surface area contributed by atoms with Crippen LogP contribution in [0, 0.1) is 0 Å². The maximum atomic E-state index is 10.9. The van der Waals surface area contributed by atoms with Crippen LogP contribution in [0.4, 0.5) is 5.69 Å². The Morgan fingerprint density at radius 2 is 1.87 bits per heavy atom. The van der Waals surface area contributed by atoms with Gasteiger partial charge in [-0.2, -0.15) is 0 Å². The minimum Gasteiger partial charge on any atom is -0.480 e. The first kappa shape index (κ1) is 22.9. The number of allylic oxidation sites excluding steroid dienone is 4. The highest BCUT2D eigenvalue weighted by molar-refractivity contribution is 6.06. The van der Waals surface area contributed by atoms with Crippen molar-refractivity contribution < 1.29 is 9.53 Å². The molecule has 0 saturated heterocycles. The number of rotatable bonds is 7. The summed E-state index contributed by atoms with van der Waals surface area (Å²) in [4.78, 5) is 15.6. The molecular weight excluding hydrogens is 372 g/mol. The van der Waals surface area contributed by atoms with E-state index in [1.165, 1.54) is 5.56 Å². The Hall–Kier alpha value is -3.40. The summed E-state index contributed by atoms with van der Waals surface area (Å²) >= 11 is 0. The lowest BCUT2D eigenvalue weighted by molar-refractivity contribution is -0.118. The van der Waals surface area contributed by atoms with Crippen molar-refractivity contribution in [1.82, 2.24) is 5.32 Å². The van der Waals surface area contributed by atoms with Crippen LogP contribution < -0.4 is 10.1 Å². The number of nitrogens with one attached hydrogen (secondary N) is 1. The van der Waals surface area contributed by atoms with E-state index < -0.39 is 5.60 Å². The lowest BCUT2D eigenvalue weighted by Gasteiger charge is -2.19. The molecule has 0 saturated carbocycles. The summed E-state index contributed by atoms with van der Waals surface area (Å²) in [6.45, 7) is 9.04. The molecule has 0 aromatic heterocycles. The molecule has 0 unspecified atom stereocenters. The van der Waals surface area contributed by atoms with Crippen LogP contribution in [0.25, 0.3) is 0 Å². The van der Waals surface area contributed by atoms with E-state index in [0.717, 1.165) is 35.4 Å². The van der Waals surface area contributed by atoms with Crippen LogP contribution in [-0.4, -0.2) is 24.6 Å². The van der Waals surface area contributed by atoms with E-state index in [-0.39, 0.29) is 0 Å². The predicted octanol–water partition coefficient (Wildman–Crippen LogP) is 5.57. The quantitative estimate of drug-likeness (QED) is 0.486. The Balaban J connectivity index is 0.000000303. The molecular formula is C26H30N2O2. The van der Waals surface area contributed by atoms with Gasteiger partial charge in [0.25, 0.3) is 0 Å². The third-order valence-corrected chi connectivity index (χ3v) is 4.39. The van der Waals surface area contributed by atoms with Gasteiger partial charge in [-0.25, -0.2) is 0 Å². The van der Waals surface area contributed by atoms with E-state index >= 15 is 0 Å². The molecule has 1 aliphatic heterocycles. The fraction of sp³-hybridized carbons (Fsp3) is 0.231. The molecule has 0 amide bonds. The molecule has 4 heteroatoms. The van der Waals surface area contributed by atoms with Gasteiger partial charge >= 0.3 is 0 Å². The van der Waals surface area contributed by atoms with Crippen molar-refractivity contribution in [2.24, 2.45) is 4.99 Å². The van der Waals surface area contributed by atoms with Gasteiger partial charge in [-0.3, -0.25) is 9.79 Å². The van der Waals surface area contributed by atoms with Crippen LogP contribution in [-0.2, 0) is 11.2 Å². The smallest absolute Gasteiger partial charge is 0.162 e. The van der Waals surface area contributed by atoms with Crippen LogP contribution in [0.15, 0.2) is 90.1 Å². The fourth-order valence-corrected chi connectivity index (χ4v) is 2.87. The first-order valence-electron chi connectivity index (χ1n) is 9.97. The van der Waals surface area contributed by atoms with Gasteiger partial charge < -0.3 is 10.1 Å². The molecule has 4 nitrogen and oxygen atoms in total. The molecule has 0 fully saturated rings. The summed E-state index contributed by atoms with van der Waals surface area (Å²) in [5.41, 5.74) is 4.74. The first-order chi connectivity index (χ1) is 14.4. The number of ether oxygens (including phenoxy) is 1. The summed E-state index contributed by atoms with van der Waals surface area (Å²) in [6, 6.07) is 15.9. The molecule has 0 aliphatic carbocycles. The van der Waals surface area contributed by atoms with Gasteiger partial charge in [0.2, 0.25) is 0 Å². The fourth-order valence-electron chi connectivity index (χ4n) is 2.87. The van der Waals surface area contributed by atoms with E-state index in [0.29, 0.717) is 5.75 Å². The number of para-hydroxylation sites is 1. The second-order valence-corrected chi connectivity index (χ2v) is 7.32. The van der Waals surface area contributed by atoms with Crippen molar-refractivity contribution in [3.8, 4) is 5.75 Å². The van der Waals surface area contributed by atoms with Gasteiger partial charge in [-0.05, 0) is 74.4 Å². The highest BCUT2D eigenvalue weighted by atomic mass is 16.5. The van der Waals surface area contributed by atoms with Gasteiger partial charge in [0, 0.05) is 19.2 Å². The van der Waals surface area contributed by atoms with Crippen LogP contribution in [0.3, 0.4) is 0 Å².